The van der Waals surface area contributed by atoms with Gasteiger partial charge < -0.3 is 18.6 Å². The maximum atomic E-state index is 13.2. The molecule has 0 radical (unpaired) electrons. The van der Waals surface area contributed by atoms with Crippen molar-refractivity contribution in [2.45, 2.75) is 25.1 Å². The zero-order valence-corrected chi connectivity index (χ0v) is 19.6. The highest BCUT2D eigenvalue weighted by atomic mass is 35.5. The number of benzene rings is 2. The number of methoxy groups -OCH3 is 1. The standard InChI is InChI=1S/C25H21ClF3NO5/c1-30-8-7-13-9-21-23(34-12-33-21)24(32-2)22(13)17(30)11-18(31)20-6-5-19(35-20)15-4-3-14(10-16(15)26)25(27,28)29/h3-6,9-10,17H,7-8,11-12H2,1-2H3/t17-/m0/s1. The molecule has 3 heterocycles. The first kappa shape index (κ1) is 23.6. The van der Waals surface area contributed by atoms with Crippen LogP contribution in [0.3, 0.4) is 0 Å². The van der Waals surface area contributed by atoms with E-state index in [1.807, 2.05) is 13.1 Å². The van der Waals surface area contributed by atoms with Crippen LogP contribution in [0.2, 0.25) is 5.02 Å². The normalized spacial score (nSPS) is 17.4. The molecule has 1 atom stereocenters. The molecule has 2 aliphatic heterocycles. The molecule has 2 aromatic carbocycles. The number of hydrogen-bond donors (Lipinski definition) is 0. The van der Waals surface area contributed by atoms with Gasteiger partial charge in [0.05, 0.1) is 17.7 Å². The Balaban J connectivity index is 1.42. The number of hydrogen-bond acceptors (Lipinski definition) is 6. The molecule has 6 nitrogen and oxygen atoms in total. The van der Waals surface area contributed by atoms with Gasteiger partial charge in [-0.15, -0.1) is 0 Å². The monoisotopic (exact) mass is 507 g/mol. The highest BCUT2D eigenvalue weighted by Gasteiger charge is 2.36. The maximum Gasteiger partial charge on any atom is 0.416 e. The van der Waals surface area contributed by atoms with Crippen molar-refractivity contribution in [2.75, 3.05) is 27.5 Å². The first-order valence-corrected chi connectivity index (χ1v) is 11.2. The molecule has 0 saturated heterocycles. The van der Waals surface area contributed by atoms with Gasteiger partial charge in [-0.3, -0.25) is 9.69 Å². The Morgan fingerprint density at radius 3 is 2.71 bits per heavy atom. The van der Waals surface area contributed by atoms with E-state index in [2.05, 4.69) is 4.90 Å². The van der Waals surface area contributed by atoms with E-state index in [-0.39, 0.29) is 47.1 Å². The smallest absolute Gasteiger partial charge is 0.416 e. The number of halogens is 4. The molecule has 2 aliphatic rings. The summed E-state index contributed by atoms with van der Waals surface area (Å²) in [5.74, 6) is 1.75. The Labute approximate surface area is 204 Å². The zero-order chi connectivity index (χ0) is 24.9. The van der Waals surface area contributed by atoms with E-state index < -0.39 is 11.7 Å². The molecular weight excluding hydrogens is 487 g/mol. The van der Waals surface area contributed by atoms with Crippen molar-refractivity contribution in [3.63, 3.8) is 0 Å². The molecule has 0 saturated carbocycles. The molecule has 0 fully saturated rings. The lowest BCUT2D eigenvalue weighted by Gasteiger charge is -2.35. The first-order valence-electron chi connectivity index (χ1n) is 10.9. The van der Waals surface area contributed by atoms with E-state index in [0.717, 1.165) is 36.2 Å². The van der Waals surface area contributed by atoms with Crippen molar-refractivity contribution >= 4 is 17.4 Å². The second kappa shape index (κ2) is 8.80. The summed E-state index contributed by atoms with van der Waals surface area (Å²) in [6, 6.07) is 7.67. The summed E-state index contributed by atoms with van der Waals surface area (Å²) in [7, 11) is 3.48. The Bertz CT molecular complexity index is 1300. The topological polar surface area (TPSA) is 61.1 Å². The van der Waals surface area contributed by atoms with E-state index in [1.165, 1.54) is 18.2 Å². The molecule has 0 aliphatic carbocycles. The average molecular weight is 508 g/mol. The van der Waals surface area contributed by atoms with Crippen LogP contribution < -0.4 is 14.2 Å². The molecule has 0 unspecified atom stereocenters. The van der Waals surface area contributed by atoms with Crippen LogP contribution in [-0.2, 0) is 12.6 Å². The number of ether oxygens (including phenoxy) is 3. The summed E-state index contributed by atoms with van der Waals surface area (Å²) in [5.41, 5.74) is 1.31. The number of carbonyl (C=O) groups is 1. The van der Waals surface area contributed by atoms with Gasteiger partial charge in [-0.1, -0.05) is 11.6 Å². The summed E-state index contributed by atoms with van der Waals surface area (Å²) in [6.07, 6.45) is -3.64. The van der Waals surface area contributed by atoms with Crippen LogP contribution in [0.4, 0.5) is 13.2 Å². The highest BCUT2D eigenvalue weighted by molar-refractivity contribution is 6.33. The maximum absolute atomic E-state index is 13.2. The summed E-state index contributed by atoms with van der Waals surface area (Å²) >= 11 is 6.08. The molecule has 0 amide bonds. The van der Waals surface area contributed by atoms with E-state index in [0.29, 0.717) is 17.2 Å². The minimum atomic E-state index is -4.51. The van der Waals surface area contributed by atoms with E-state index in [1.54, 1.807) is 7.11 Å². The molecule has 5 rings (SSSR count). The zero-order valence-electron chi connectivity index (χ0n) is 18.9. The Morgan fingerprint density at radius 1 is 1.20 bits per heavy atom. The molecule has 0 bridgehead atoms. The lowest BCUT2D eigenvalue weighted by molar-refractivity contribution is -0.137. The SMILES string of the molecule is COc1c2c(cc3c1[C@H](CC(=O)c1ccc(-c4ccc(C(F)(F)F)cc4Cl)o1)N(C)CC3)OCO2. The van der Waals surface area contributed by atoms with Crippen LogP contribution in [-0.4, -0.2) is 38.2 Å². The van der Waals surface area contributed by atoms with Gasteiger partial charge in [-0.25, -0.2) is 0 Å². The Hall–Kier alpha value is -3.17. The lowest BCUT2D eigenvalue weighted by atomic mass is 9.88. The minimum absolute atomic E-state index is 0.0937. The summed E-state index contributed by atoms with van der Waals surface area (Å²) in [5, 5.41) is -0.116. The van der Waals surface area contributed by atoms with E-state index in [9.17, 15) is 18.0 Å². The van der Waals surface area contributed by atoms with Crippen molar-refractivity contribution in [3.05, 3.63) is 63.9 Å². The van der Waals surface area contributed by atoms with Gasteiger partial charge in [0.1, 0.15) is 5.76 Å². The summed E-state index contributed by atoms with van der Waals surface area (Å²) < 4.78 is 61.4. The number of Topliss-reactive ketones (excluding diaryl/α,β-unsaturated/α-hetero) is 1. The van der Waals surface area contributed by atoms with Crippen LogP contribution in [0.25, 0.3) is 11.3 Å². The number of rotatable bonds is 5. The minimum Gasteiger partial charge on any atom is -0.492 e. The molecule has 0 N–H and O–H groups in total. The van der Waals surface area contributed by atoms with Crippen LogP contribution in [0.15, 0.2) is 40.8 Å². The number of carbonyl (C=O) groups excluding carboxylic acids is 1. The second-order valence-electron chi connectivity index (χ2n) is 8.45. The highest BCUT2D eigenvalue weighted by Crippen LogP contribution is 2.50. The van der Waals surface area contributed by atoms with Gasteiger partial charge in [-0.05, 0) is 55.4 Å². The van der Waals surface area contributed by atoms with Gasteiger partial charge in [-0.2, -0.15) is 13.2 Å². The van der Waals surface area contributed by atoms with Crippen LogP contribution >= 0.6 is 11.6 Å². The quantitative estimate of drug-likeness (QED) is 0.386. The summed E-state index contributed by atoms with van der Waals surface area (Å²) in [6.45, 7) is 0.841. The number of nitrogens with zero attached hydrogens (tertiary/aromatic N) is 1. The van der Waals surface area contributed by atoms with Gasteiger partial charge >= 0.3 is 6.18 Å². The largest absolute Gasteiger partial charge is 0.492 e. The number of likely N-dealkylation sites (N-methyl/N-ethyl adjacent to an activating group) is 1. The van der Waals surface area contributed by atoms with Crippen molar-refractivity contribution in [1.29, 1.82) is 0 Å². The number of ketones is 1. The fourth-order valence-electron chi connectivity index (χ4n) is 4.58. The summed E-state index contributed by atoms with van der Waals surface area (Å²) in [4.78, 5) is 15.3. The van der Waals surface area contributed by atoms with Crippen LogP contribution in [0.5, 0.6) is 17.2 Å². The predicted molar refractivity (Wildman–Crippen MR) is 121 cm³/mol. The third-order valence-electron chi connectivity index (χ3n) is 6.37. The Morgan fingerprint density at radius 2 is 2.00 bits per heavy atom. The molecule has 184 valence electrons. The number of furan rings is 1. The fourth-order valence-corrected chi connectivity index (χ4v) is 4.86. The number of fused-ring (bicyclic) bond motifs is 2. The van der Waals surface area contributed by atoms with Crippen LogP contribution in [0.1, 0.15) is 39.7 Å². The average Bonchev–Trinajstić information content (AvgIpc) is 3.48. The first-order chi connectivity index (χ1) is 16.7. The molecule has 3 aromatic rings. The van der Waals surface area contributed by atoms with E-state index >= 15 is 0 Å². The van der Waals surface area contributed by atoms with Crippen LogP contribution in [0, 0.1) is 0 Å². The van der Waals surface area contributed by atoms with Gasteiger partial charge in [0, 0.05) is 30.1 Å². The van der Waals surface area contributed by atoms with Crippen molar-refractivity contribution in [2.24, 2.45) is 0 Å². The molecule has 35 heavy (non-hydrogen) atoms. The van der Waals surface area contributed by atoms with Gasteiger partial charge in [0.25, 0.3) is 0 Å². The van der Waals surface area contributed by atoms with Crippen molar-refractivity contribution in [3.8, 4) is 28.6 Å². The lowest BCUT2D eigenvalue weighted by Crippen LogP contribution is -2.34. The van der Waals surface area contributed by atoms with Crippen molar-refractivity contribution < 1.29 is 36.6 Å². The molecular formula is C25H21ClF3NO5. The third kappa shape index (κ3) is 4.23. The fraction of sp³-hybridized carbons (Fsp3) is 0.320. The van der Waals surface area contributed by atoms with Crippen molar-refractivity contribution in [1.82, 2.24) is 4.90 Å². The predicted octanol–water partition coefficient (Wildman–Crippen LogP) is 6.16. The van der Waals surface area contributed by atoms with Gasteiger partial charge in [0.15, 0.2) is 23.0 Å². The molecule has 0 spiro atoms. The third-order valence-corrected chi connectivity index (χ3v) is 6.68. The van der Waals surface area contributed by atoms with Gasteiger partial charge in [0.2, 0.25) is 12.5 Å². The Kier molecular flexibility index (Phi) is 5.93. The molecule has 10 heteroatoms. The van der Waals surface area contributed by atoms with E-state index in [4.69, 9.17) is 30.2 Å². The number of alkyl halides is 3. The molecule has 1 aromatic heterocycles. The second-order valence-corrected chi connectivity index (χ2v) is 8.85.